The lowest BCUT2D eigenvalue weighted by atomic mass is 10.2. The average Bonchev–Trinajstić information content (AvgIpc) is 2.63. The number of halogens is 2. The zero-order valence-electron chi connectivity index (χ0n) is 13.6. The number of aromatic hydroxyl groups is 1. The minimum Gasteiger partial charge on any atom is -0.501 e. The number of benzene rings is 2. The van der Waals surface area contributed by atoms with Crippen LogP contribution >= 0.6 is 11.6 Å². The van der Waals surface area contributed by atoms with Crippen molar-refractivity contribution in [2.75, 3.05) is 0 Å². The maximum atomic E-state index is 13.1. The third kappa shape index (κ3) is 4.06. The molecule has 0 radical (unpaired) electrons. The molecule has 27 heavy (non-hydrogen) atoms. The second kappa shape index (κ2) is 7.46. The number of rotatable bonds is 5. The Hall–Kier alpha value is -3.39. The van der Waals surface area contributed by atoms with E-state index >= 15 is 0 Å². The van der Waals surface area contributed by atoms with Crippen LogP contribution in [-0.4, -0.2) is 26.2 Å². The Morgan fingerprint density at radius 3 is 2.74 bits per heavy atom. The molecule has 9 heteroatoms. The third-order valence-electron chi connectivity index (χ3n) is 3.61. The van der Waals surface area contributed by atoms with E-state index in [2.05, 4.69) is 9.97 Å². The van der Waals surface area contributed by atoms with Gasteiger partial charge in [0.2, 0.25) is 5.75 Å². The highest BCUT2D eigenvalue weighted by molar-refractivity contribution is 6.31. The van der Waals surface area contributed by atoms with Gasteiger partial charge in [-0.1, -0.05) is 29.8 Å². The lowest BCUT2D eigenvalue weighted by Gasteiger charge is -2.10. The van der Waals surface area contributed by atoms with Crippen LogP contribution in [0.5, 0.6) is 11.5 Å². The van der Waals surface area contributed by atoms with E-state index < -0.39 is 28.8 Å². The van der Waals surface area contributed by atoms with E-state index in [1.54, 1.807) is 18.2 Å². The van der Waals surface area contributed by atoms with Crippen LogP contribution in [-0.2, 0) is 6.61 Å². The fraction of sp³-hybridized carbons (Fsp3) is 0.0556. The first kappa shape index (κ1) is 18.4. The van der Waals surface area contributed by atoms with Crippen molar-refractivity contribution in [3.63, 3.8) is 0 Å². The molecule has 1 aromatic heterocycles. The molecule has 0 aliphatic rings. The molecule has 0 saturated carbocycles. The number of hydrogen-bond acceptors (Lipinski definition) is 5. The van der Waals surface area contributed by atoms with E-state index in [1.807, 2.05) is 0 Å². The van der Waals surface area contributed by atoms with Gasteiger partial charge in [-0.25, -0.2) is 14.2 Å². The smallest absolute Gasteiger partial charge is 0.358 e. The van der Waals surface area contributed by atoms with Crippen molar-refractivity contribution in [1.82, 2.24) is 9.97 Å². The summed E-state index contributed by atoms with van der Waals surface area (Å²) >= 11 is 5.95. The van der Waals surface area contributed by atoms with Gasteiger partial charge in [-0.15, -0.1) is 0 Å². The van der Waals surface area contributed by atoms with E-state index in [0.717, 1.165) is 0 Å². The molecule has 7 nitrogen and oxygen atoms in total. The van der Waals surface area contributed by atoms with Crippen LogP contribution in [0.3, 0.4) is 0 Å². The minimum absolute atomic E-state index is 0.0412. The summed E-state index contributed by atoms with van der Waals surface area (Å²) in [5, 5.41) is 18.8. The first-order valence-electron chi connectivity index (χ1n) is 7.59. The quantitative estimate of drug-likeness (QED) is 0.616. The zero-order valence-corrected chi connectivity index (χ0v) is 14.3. The van der Waals surface area contributed by atoms with Gasteiger partial charge in [0.15, 0.2) is 5.69 Å². The molecule has 3 N–H and O–H groups in total. The third-order valence-corrected chi connectivity index (χ3v) is 3.97. The highest BCUT2D eigenvalue weighted by atomic mass is 35.5. The number of aromatic carboxylic acids is 1. The largest absolute Gasteiger partial charge is 0.501 e. The highest BCUT2D eigenvalue weighted by Gasteiger charge is 2.17. The lowest BCUT2D eigenvalue weighted by Crippen LogP contribution is -2.15. The van der Waals surface area contributed by atoms with Gasteiger partial charge in [0.1, 0.15) is 24.0 Å². The topological polar surface area (TPSA) is 113 Å². The molecule has 0 amide bonds. The Bertz CT molecular complexity index is 1080. The number of carboxylic acid groups (broad SMARTS) is 1. The predicted molar refractivity (Wildman–Crippen MR) is 94.7 cm³/mol. The van der Waals surface area contributed by atoms with Crippen molar-refractivity contribution in [2.45, 2.75) is 6.61 Å². The number of aromatic nitrogens is 2. The monoisotopic (exact) mass is 390 g/mol. The van der Waals surface area contributed by atoms with Crippen LogP contribution in [0.15, 0.2) is 47.3 Å². The van der Waals surface area contributed by atoms with E-state index in [0.29, 0.717) is 16.9 Å². The molecule has 1 heterocycles. The SMILES string of the molecule is O=C(O)c1nc(-c2cccc(OCc3ccc(F)cc3Cl)c2)[nH]c(=O)c1O. The number of nitrogens with zero attached hydrogens (tertiary/aromatic N) is 1. The maximum Gasteiger partial charge on any atom is 0.358 e. The first-order valence-corrected chi connectivity index (χ1v) is 7.96. The molecule has 0 bridgehead atoms. The number of nitrogens with one attached hydrogen (secondary N) is 1. The average molecular weight is 391 g/mol. The van der Waals surface area contributed by atoms with Crippen molar-refractivity contribution in [3.05, 3.63) is 74.9 Å². The number of ether oxygens (including phenoxy) is 1. The second-order valence-corrected chi connectivity index (χ2v) is 5.88. The maximum absolute atomic E-state index is 13.1. The summed E-state index contributed by atoms with van der Waals surface area (Å²) in [4.78, 5) is 28.9. The summed E-state index contributed by atoms with van der Waals surface area (Å²) in [6.45, 7) is 0.0719. The Morgan fingerprint density at radius 2 is 2.04 bits per heavy atom. The minimum atomic E-state index is -1.53. The van der Waals surface area contributed by atoms with E-state index in [4.69, 9.17) is 21.4 Å². The fourth-order valence-corrected chi connectivity index (χ4v) is 2.51. The summed E-state index contributed by atoms with van der Waals surface area (Å²) < 4.78 is 18.7. The Morgan fingerprint density at radius 1 is 1.26 bits per heavy atom. The van der Waals surface area contributed by atoms with E-state index in [1.165, 1.54) is 24.3 Å². The van der Waals surface area contributed by atoms with Gasteiger partial charge < -0.3 is 19.9 Å². The van der Waals surface area contributed by atoms with E-state index in [-0.39, 0.29) is 17.5 Å². The summed E-state index contributed by atoms with van der Waals surface area (Å²) in [5.74, 6) is -2.61. The molecule has 0 aliphatic carbocycles. The van der Waals surface area contributed by atoms with Crippen molar-refractivity contribution in [2.24, 2.45) is 0 Å². The number of aromatic amines is 1. The Kier molecular flexibility index (Phi) is 5.09. The van der Waals surface area contributed by atoms with Gasteiger partial charge in [0.05, 0.1) is 5.02 Å². The molecule has 0 unspecified atom stereocenters. The highest BCUT2D eigenvalue weighted by Crippen LogP contribution is 2.24. The van der Waals surface area contributed by atoms with Gasteiger partial charge in [0, 0.05) is 11.1 Å². The summed E-state index contributed by atoms with van der Waals surface area (Å²) in [5.41, 5.74) is -0.773. The molecule has 2 aromatic carbocycles. The van der Waals surface area contributed by atoms with Crippen LogP contribution < -0.4 is 10.3 Å². The Labute approximate surface area is 156 Å². The molecule has 0 aliphatic heterocycles. The lowest BCUT2D eigenvalue weighted by molar-refractivity contribution is 0.0686. The van der Waals surface area contributed by atoms with Crippen molar-refractivity contribution < 1.29 is 24.1 Å². The van der Waals surface area contributed by atoms with E-state index in [9.17, 15) is 19.1 Å². The molecule has 0 fully saturated rings. The van der Waals surface area contributed by atoms with Crippen LogP contribution in [0.4, 0.5) is 4.39 Å². The first-order chi connectivity index (χ1) is 12.8. The predicted octanol–water partition coefficient (Wildman–Crippen LogP) is 3.21. The second-order valence-electron chi connectivity index (χ2n) is 5.47. The molecule has 138 valence electrons. The van der Waals surface area contributed by atoms with Crippen LogP contribution in [0.2, 0.25) is 5.02 Å². The summed E-state index contributed by atoms with van der Waals surface area (Å²) in [6.07, 6.45) is 0. The van der Waals surface area contributed by atoms with Crippen LogP contribution in [0, 0.1) is 5.82 Å². The molecular formula is C18H12ClFN2O5. The zero-order chi connectivity index (χ0) is 19.6. The molecule has 3 aromatic rings. The van der Waals surface area contributed by atoms with Crippen LogP contribution in [0.1, 0.15) is 16.1 Å². The summed E-state index contributed by atoms with van der Waals surface area (Å²) in [6, 6.07) is 10.3. The molecule has 0 spiro atoms. The normalized spacial score (nSPS) is 10.6. The van der Waals surface area contributed by atoms with Gasteiger partial charge in [-0.3, -0.25) is 4.79 Å². The number of carbonyl (C=O) groups is 1. The number of H-pyrrole nitrogens is 1. The van der Waals surface area contributed by atoms with Gasteiger partial charge in [-0.2, -0.15) is 0 Å². The number of hydrogen-bond donors (Lipinski definition) is 3. The van der Waals surface area contributed by atoms with Gasteiger partial charge in [-0.05, 0) is 24.3 Å². The fourth-order valence-electron chi connectivity index (χ4n) is 2.29. The molecular weight excluding hydrogens is 379 g/mol. The Balaban J connectivity index is 1.88. The van der Waals surface area contributed by atoms with Gasteiger partial charge in [0.25, 0.3) is 5.56 Å². The standard InChI is InChI=1S/C18H12ClFN2O5/c19-13-7-11(20)5-4-10(13)8-27-12-3-1-2-9(6-12)16-21-14(18(25)26)15(23)17(24)22-16/h1-7,23H,8H2,(H,25,26)(H,21,22,24). The van der Waals surface area contributed by atoms with Crippen molar-refractivity contribution in [3.8, 4) is 22.9 Å². The number of carboxylic acids is 1. The molecule has 3 rings (SSSR count). The van der Waals surface area contributed by atoms with Crippen molar-refractivity contribution in [1.29, 1.82) is 0 Å². The molecule has 0 atom stereocenters. The van der Waals surface area contributed by atoms with Gasteiger partial charge >= 0.3 is 5.97 Å². The van der Waals surface area contributed by atoms with Crippen molar-refractivity contribution >= 4 is 17.6 Å². The molecule has 0 saturated heterocycles. The van der Waals surface area contributed by atoms with Crippen LogP contribution in [0.25, 0.3) is 11.4 Å². The summed E-state index contributed by atoms with van der Waals surface area (Å²) in [7, 11) is 0.